The first-order valence-electron chi connectivity index (χ1n) is 5.60. The molecule has 2 aromatic rings. The Hall–Kier alpha value is -1.05. The SMILES string of the molecule is OC(Cc1cc(Br)cs1)c1ccc(OC(F)(F)F)cc1. The van der Waals surface area contributed by atoms with Crippen molar-refractivity contribution in [2.24, 2.45) is 0 Å². The highest BCUT2D eigenvalue weighted by Crippen LogP contribution is 2.28. The summed E-state index contributed by atoms with van der Waals surface area (Å²) in [4.78, 5) is 0.986. The molecule has 0 aliphatic carbocycles. The molecule has 0 radical (unpaired) electrons. The van der Waals surface area contributed by atoms with Crippen LogP contribution in [0.4, 0.5) is 13.2 Å². The minimum absolute atomic E-state index is 0.299. The van der Waals surface area contributed by atoms with Crippen LogP contribution in [0.1, 0.15) is 16.5 Å². The van der Waals surface area contributed by atoms with Gasteiger partial charge in [-0.15, -0.1) is 24.5 Å². The average Bonchev–Trinajstić information content (AvgIpc) is 2.73. The van der Waals surface area contributed by atoms with Gasteiger partial charge in [0.05, 0.1) is 6.10 Å². The normalized spacial score (nSPS) is 13.2. The largest absolute Gasteiger partial charge is 0.573 e. The molecule has 0 bridgehead atoms. The number of hydrogen-bond acceptors (Lipinski definition) is 3. The number of benzene rings is 1. The Kier molecular flexibility index (Phi) is 4.72. The van der Waals surface area contributed by atoms with Gasteiger partial charge in [0.2, 0.25) is 0 Å². The van der Waals surface area contributed by atoms with Gasteiger partial charge in [-0.25, -0.2) is 0 Å². The smallest absolute Gasteiger partial charge is 0.406 e. The predicted molar refractivity (Wildman–Crippen MR) is 73.8 cm³/mol. The van der Waals surface area contributed by atoms with E-state index in [1.54, 1.807) is 0 Å². The molecule has 0 amide bonds. The number of ether oxygens (including phenoxy) is 1. The van der Waals surface area contributed by atoms with Crippen LogP contribution < -0.4 is 4.74 Å². The number of rotatable bonds is 4. The molecule has 0 aliphatic rings. The highest BCUT2D eigenvalue weighted by molar-refractivity contribution is 9.10. The fraction of sp³-hybridized carbons (Fsp3) is 0.231. The molecule has 1 N–H and O–H groups in total. The summed E-state index contributed by atoms with van der Waals surface area (Å²) < 4.78 is 40.8. The van der Waals surface area contributed by atoms with E-state index in [4.69, 9.17) is 0 Å². The lowest BCUT2D eigenvalue weighted by molar-refractivity contribution is -0.274. The van der Waals surface area contributed by atoms with Crippen LogP contribution in [0.15, 0.2) is 40.2 Å². The summed E-state index contributed by atoms with van der Waals surface area (Å²) in [5, 5.41) is 11.9. The van der Waals surface area contributed by atoms with Crippen LogP contribution in [-0.2, 0) is 6.42 Å². The van der Waals surface area contributed by atoms with E-state index < -0.39 is 12.5 Å². The van der Waals surface area contributed by atoms with Gasteiger partial charge in [-0.2, -0.15) is 0 Å². The average molecular weight is 367 g/mol. The molecule has 1 atom stereocenters. The van der Waals surface area contributed by atoms with Crippen molar-refractivity contribution in [1.82, 2.24) is 0 Å². The molecule has 2 rings (SSSR count). The van der Waals surface area contributed by atoms with E-state index in [-0.39, 0.29) is 5.75 Å². The number of aliphatic hydroxyl groups is 1. The fourth-order valence-corrected chi connectivity index (χ4v) is 3.15. The van der Waals surface area contributed by atoms with Crippen molar-refractivity contribution in [3.05, 3.63) is 50.6 Å². The van der Waals surface area contributed by atoms with E-state index in [1.165, 1.54) is 35.6 Å². The number of halogens is 4. The van der Waals surface area contributed by atoms with Gasteiger partial charge >= 0.3 is 6.36 Å². The maximum Gasteiger partial charge on any atom is 0.573 e. The van der Waals surface area contributed by atoms with Crippen LogP contribution in [0.5, 0.6) is 5.75 Å². The quantitative estimate of drug-likeness (QED) is 0.850. The number of aliphatic hydroxyl groups excluding tert-OH is 1. The van der Waals surface area contributed by atoms with Crippen LogP contribution in [0.25, 0.3) is 0 Å². The monoisotopic (exact) mass is 366 g/mol. The maximum absolute atomic E-state index is 12.0. The number of hydrogen-bond donors (Lipinski definition) is 1. The second-order valence-corrected chi connectivity index (χ2v) is 5.98. The van der Waals surface area contributed by atoms with E-state index in [0.717, 1.165) is 9.35 Å². The van der Waals surface area contributed by atoms with Gasteiger partial charge in [0.25, 0.3) is 0 Å². The Bertz CT molecular complexity index is 566. The third-order valence-electron chi connectivity index (χ3n) is 2.51. The van der Waals surface area contributed by atoms with Gasteiger partial charge in [0.1, 0.15) is 5.75 Å². The van der Waals surface area contributed by atoms with Crippen molar-refractivity contribution in [2.75, 3.05) is 0 Å². The first kappa shape index (κ1) is 15.3. The standard InChI is InChI=1S/C13H10BrF3O2S/c14-9-5-11(20-7-9)6-12(18)8-1-3-10(4-2-8)19-13(15,16)17/h1-5,7,12,18H,6H2. The Balaban J connectivity index is 2.02. The molecule has 2 nitrogen and oxygen atoms in total. The van der Waals surface area contributed by atoms with Crippen LogP contribution in [0, 0.1) is 0 Å². The van der Waals surface area contributed by atoms with E-state index >= 15 is 0 Å². The van der Waals surface area contributed by atoms with Crippen LogP contribution in [0.3, 0.4) is 0 Å². The van der Waals surface area contributed by atoms with Gasteiger partial charge in [-0.3, -0.25) is 0 Å². The fourth-order valence-electron chi connectivity index (χ4n) is 1.66. The van der Waals surface area contributed by atoms with Crippen molar-refractivity contribution in [2.45, 2.75) is 18.9 Å². The zero-order valence-electron chi connectivity index (χ0n) is 10.0. The molecule has 1 unspecified atom stereocenters. The Morgan fingerprint density at radius 1 is 1.25 bits per heavy atom. The molecule has 20 heavy (non-hydrogen) atoms. The summed E-state index contributed by atoms with van der Waals surface area (Å²) in [6, 6.07) is 7.13. The highest BCUT2D eigenvalue weighted by atomic mass is 79.9. The lowest BCUT2D eigenvalue weighted by atomic mass is 10.1. The summed E-state index contributed by atoms with van der Waals surface area (Å²) in [5.41, 5.74) is 0.545. The maximum atomic E-state index is 12.0. The van der Waals surface area contributed by atoms with Gasteiger partial charge in [0, 0.05) is 21.2 Å². The van der Waals surface area contributed by atoms with Crippen LogP contribution >= 0.6 is 27.3 Å². The summed E-state index contributed by atoms with van der Waals surface area (Å²) in [5.74, 6) is -0.299. The third-order valence-corrected chi connectivity index (χ3v) is 4.23. The minimum atomic E-state index is -4.70. The lowest BCUT2D eigenvalue weighted by Gasteiger charge is -2.12. The summed E-state index contributed by atoms with van der Waals surface area (Å²) in [6.07, 6.45) is -5.06. The molecule has 7 heteroatoms. The molecule has 1 heterocycles. The molecular formula is C13H10BrF3O2S. The molecule has 0 saturated heterocycles. The molecule has 0 fully saturated rings. The number of thiophene rings is 1. The second-order valence-electron chi connectivity index (χ2n) is 4.07. The molecule has 108 valence electrons. The van der Waals surface area contributed by atoms with Crippen molar-refractivity contribution >= 4 is 27.3 Å². The molecular weight excluding hydrogens is 357 g/mol. The molecule has 1 aromatic carbocycles. The van der Waals surface area contributed by atoms with E-state index in [1.807, 2.05) is 11.4 Å². The minimum Gasteiger partial charge on any atom is -0.406 e. The third kappa shape index (κ3) is 4.50. The van der Waals surface area contributed by atoms with E-state index in [0.29, 0.717) is 12.0 Å². The number of alkyl halides is 3. The van der Waals surface area contributed by atoms with E-state index in [9.17, 15) is 18.3 Å². The zero-order valence-corrected chi connectivity index (χ0v) is 12.4. The van der Waals surface area contributed by atoms with Crippen molar-refractivity contribution < 1.29 is 23.0 Å². The van der Waals surface area contributed by atoms with Gasteiger partial charge in [-0.05, 0) is 39.7 Å². The predicted octanol–water partition coefficient (Wildman–Crippen LogP) is 4.69. The molecule has 0 spiro atoms. The Morgan fingerprint density at radius 2 is 1.90 bits per heavy atom. The topological polar surface area (TPSA) is 29.5 Å². The van der Waals surface area contributed by atoms with Gasteiger partial charge < -0.3 is 9.84 Å². The van der Waals surface area contributed by atoms with E-state index in [2.05, 4.69) is 20.7 Å². The summed E-state index contributed by atoms with van der Waals surface area (Å²) >= 11 is 4.82. The first-order valence-corrected chi connectivity index (χ1v) is 7.27. The highest BCUT2D eigenvalue weighted by Gasteiger charge is 2.31. The second kappa shape index (κ2) is 6.15. The Morgan fingerprint density at radius 3 is 2.40 bits per heavy atom. The first-order chi connectivity index (χ1) is 9.33. The van der Waals surface area contributed by atoms with Crippen LogP contribution in [0.2, 0.25) is 0 Å². The molecule has 0 saturated carbocycles. The van der Waals surface area contributed by atoms with Crippen molar-refractivity contribution in [3.63, 3.8) is 0 Å². The van der Waals surface area contributed by atoms with Crippen LogP contribution in [-0.4, -0.2) is 11.5 Å². The van der Waals surface area contributed by atoms with Gasteiger partial charge in [-0.1, -0.05) is 12.1 Å². The molecule has 0 aliphatic heterocycles. The van der Waals surface area contributed by atoms with Crippen molar-refractivity contribution in [1.29, 1.82) is 0 Å². The zero-order chi connectivity index (χ0) is 14.8. The summed E-state index contributed by atoms with van der Waals surface area (Å²) in [7, 11) is 0. The molecule has 1 aromatic heterocycles. The van der Waals surface area contributed by atoms with Crippen molar-refractivity contribution in [3.8, 4) is 5.75 Å². The lowest BCUT2D eigenvalue weighted by Crippen LogP contribution is -2.17. The Labute approximate surface area is 125 Å². The van der Waals surface area contributed by atoms with Gasteiger partial charge in [0.15, 0.2) is 0 Å². The summed E-state index contributed by atoms with van der Waals surface area (Å²) in [6.45, 7) is 0.